The summed E-state index contributed by atoms with van der Waals surface area (Å²) in [5, 5.41) is 2.62. The molecule has 0 radical (unpaired) electrons. The summed E-state index contributed by atoms with van der Waals surface area (Å²) in [6.45, 7) is 4.10. The van der Waals surface area contributed by atoms with Crippen molar-refractivity contribution in [3.05, 3.63) is 41.1 Å². The van der Waals surface area contributed by atoms with E-state index < -0.39 is 5.82 Å². The molecule has 0 spiro atoms. The highest BCUT2D eigenvalue weighted by molar-refractivity contribution is 9.11. The van der Waals surface area contributed by atoms with Gasteiger partial charge in [-0.2, -0.15) is 0 Å². The van der Waals surface area contributed by atoms with Crippen molar-refractivity contribution in [1.29, 1.82) is 0 Å². The summed E-state index contributed by atoms with van der Waals surface area (Å²) in [6, 6.07) is 6.08. The van der Waals surface area contributed by atoms with E-state index in [0.717, 1.165) is 0 Å². The molecule has 1 aromatic rings. The maximum absolute atomic E-state index is 13.1. The topological polar surface area (TPSA) is 38.3 Å². The highest BCUT2D eigenvalue weighted by Crippen LogP contribution is 2.15. The molecule has 0 aliphatic heterocycles. The number of ether oxygens (including phenoxy) is 1. The van der Waals surface area contributed by atoms with Crippen LogP contribution in [0.5, 0.6) is 5.75 Å². The summed E-state index contributed by atoms with van der Waals surface area (Å²) >= 11 is 3.13. The second kappa shape index (κ2) is 7.06. The molecule has 92 valence electrons. The first-order valence-electron chi connectivity index (χ1n) is 5.07. The number of hydrogen-bond donors (Lipinski definition) is 1. The second-order valence-electron chi connectivity index (χ2n) is 3.32. The highest BCUT2D eigenvalue weighted by atomic mass is 79.9. The van der Waals surface area contributed by atoms with Crippen LogP contribution in [0.25, 0.3) is 0 Å². The molecule has 1 N–H and O–H groups in total. The lowest BCUT2D eigenvalue weighted by Gasteiger charge is -2.07. The Morgan fingerprint density at radius 3 is 2.82 bits per heavy atom. The van der Waals surface area contributed by atoms with Gasteiger partial charge in [-0.05, 0) is 12.1 Å². The molecule has 0 saturated carbocycles. The summed E-state index contributed by atoms with van der Waals surface area (Å²) in [5.41, 5.74) is 0. The third kappa shape index (κ3) is 5.49. The molecule has 0 atom stereocenters. The zero-order valence-corrected chi connectivity index (χ0v) is 10.8. The van der Waals surface area contributed by atoms with E-state index in [9.17, 15) is 9.18 Å². The predicted molar refractivity (Wildman–Crippen MR) is 67.6 cm³/mol. The van der Waals surface area contributed by atoms with Gasteiger partial charge in [-0.1, -0.05) is 34.6 Å². The molecular weight excluding hydrogens is 289 g/mol. The summed E-state index contributed by atoms with van der Waals surface area (Å²) < 4.78 is 19.0. The van der Waals surface area contributed by atoms with Gasteiger partial charge in [0.25, 0.3) is 0 Å². The van der Waals surface area contributed by atoms with Crippen molar-refractivity contribution in [3.63, 3.8) is 0 Å². The van der Waals surface area contributed by atoms with Gasteiger partial charge in [0.05, 0.1) is 13.0 Å². The van der Waals surface area contributed by atoms with Crippen LogP contribution in [0.3, 0.4) is 0 Å². The van der Waals surface area contributed by atoms with Gasteiger partial charge in [-0.15, -0.1) is 0 Å². The monoisotopic (exact) mass is 301 g/mol. The minimum absolute atomic E-state index is 0.140. The molecule has 0 fully saturated rings. The van der Waals surface area contributed by atoms with E-state index in [-0.39, 0.29) is 24.7 Å². The van der Waals surface area contributed by atoms with E-state index in [1.165, 1.54) is 12.1 Å². The van der Waals surface area contributed by atoms with E-state index in [0.29, 0.717) is 11.0 Å². The lowest BCUT2D eigenvalue weighted by molar-refractivity contribution is -0.121. The Morgan fingerprint density at radius 1 is 1.47 bits per heavy atom. The first-order valence-corrected chi connectivity index (χ1v) is 5.86. The summed E-state index contributed by atoms with van der Waals surface area (Å²) in [4.78, 5) is 11.3. The first-order chi connectivity index (χ1) is 8.09. The molecule has 3 nitrogen and oxygen atoms in total. The number of carbonyl (C=O) groups is 1. The average Bonchev–Trinajstić information content (AvgIpc) is 2.29. The number of rotatable bonds is 6. The summed E-state index contributed by atoms with van der Waals surface area (Å²) in [6.07, 6.45) is 0.175. The molecule has 0 aromatic heterocycles. The lowest BCUT2D eigenvalue weighted by Crippen LogP contribution is -2.25. The Kier molecular flexibility index (Phi) is 5.69. The number of benzene rings is 1. The molecule has 0 unspecified atom stereocenters. The molecule has 1 amide bonds. The maximum atomic E-state index is 13.1. The maximum Gasteiger partial charge on any atom is 0.223 e. The molecule has 0 bridgehead atoms. The average molecular weight is 302 g/mol. The number of carbonyl (C=O) groups excluding carboxylic acids is 1. The van der Waals surface area contributed by atoms with Gasteiger partial charge in [-0.25, -0.2) is 4.39 Å². The second-order valence-corrected chi connectivity index (χ2v) is 4.44. The van der Waals surface area contributed by atoms with Crippen LogP contribution < -0.4 is 10.1 Å². The van der Waals surface area contributed by atoms with Crippen molar-refractivity contribution >= 4 is 21.8 Å². The van der Waals surface area contributed by atoms with Gasteiger partial charge in [0.1, 0.15) is 0 Å². The van der Waals surface area contributed by atoms with Crippen LogP contribution in [-0.2, 0) is 4.79 Å². The number of nitrogens with one attached hydrogen (secondary N) is 1. The van der Waals surface area contributed by atoms with Crippen molar-refractivity contribution in [2.24, 2.45) is 0 Å². The Labute approximate surface area is 108 Å². The SMILES string of the molecule is C=C(Br)CNC(=O)CCOc1ccccc1F. The quantitative estimate of drug-likeness (QED) is 0.877. The Bertz CT molecular complexity index is 409. The van der Waals surface area contributed by atoms with Gasteiger partial charge in [0.2, 0.25) is 5.91 Å². The first kappa shape index (κ1) is 13.7. The van der Waals surface area contributed by atoms with E-state index in [1.54, 1.807) is 12.1 Å². The molecule has 1 rings (SSSR count). The van der Waals surface area contributed by atoms with Crippen LogP contribution >= 0.6 is 15.9 Å². The minimum Gasteiger partial charge on any atom is -0.490 e. The number of para-hydroxylation sites is 1. The van der Waals surface area contributed by atoms with E-state index in [4.69, 9.17) is 4.74 Å². The van der Waals surface area contributed by atoms with Gasteiger partial charge in [0.15, 0.2) is 11.6 Å². The molecule has 17 heavy (non-hydrogen) atoms. The number of amides is 1. The van der Waals surface area contributed by atoms with Crippen LogP contribution in [0.15, 0.2) is 35.3 Å². The van der Waals surface area contributed by atoms with Crippen LogP contribution in [0.2, 0.25) is 0 Å². The lowest BCUT2D eigenvalue weighted by atomic mass is 10.3. The fourth-order valence-electron chi connectivity index (χ4n) is 1.10. The van der Waals surface area contributed by atoms with Gasteiger partial charge >= 0.3 is 0 Å². The van der Waals surface area contributed by atoms with E-state index >= 15 is 0 Å². The molecule has 0 saturated heterocycles. The minimum atomic E-state index is -0.429. The van der Waals surface area contributed by atoms with E-state index in [2.05, 4.69) is 27.8 Å². The van der Waals surface area contributed by atoms with Gasteiger partial charge in [0, 0.05) is 11.0 Å². The fourth-order valence-corrected chi connectivity index (χ4v) is 1.24. The Morgan fingerprint density at radius 2 is 2.18 bits per heavy atom. The predicted octanol–water partition coefficient (Wildman–Crippen LogP) is 2.62. The third-order valence-corrected chi connectivity index (χ3v) is 2.18. The number of hydrogen-bond acceptors (Lipinski definition) is 2. The van der Waals surface area contributed by atoms with Crippen molar-refractivity contribution in [2.45, 2.75) is 6.42 Å². The standard InChI is InChI=1S/C12H13BrFNO2/c1-9(13)8-15-12(16)6-7-17-11-5-3-2-4-10(11)14/h2-5H,1,6-8H2,(H,15,16). The number of halogens is 2. The van der Waals surface area contributed by atoms with Crippen molar-refractivity contribution < 1.29 is 13.9 Å². The normalized spacial score (nSPS) is 9.76. The summed E-state index contributed by atoms with van der Waals surface area (Å²) in [5.74, 6) is -0.436. The zero-order chi connectivity index (χ0) is 12.7. The zero-order valence-electron chi connectivity index (χ0n) is 9.21. The van der Waals surface area contributed by atoms with Crippen LogP contribution in [-0.4, -0.2) is 19.1 Å². The van der Waals surface area contributed by atoms with Gasteiger partial charge < -0.3 is 10.1 Å². The smallest absolute Gasteiger partial charge is 0.223 e. The molecule has 5 heteroatoms. The van der Waals surface area contributed by atoms with Crippen LogP contribution in [0.1, 0.15) is 6.42 Å². The van der Waals surface area contributed by atoms with Crippen molar-refractivity contribution in [3.8, 4) is 5.75 Å². The van der Waals surface area contributed by atoms with Crippen LogP contribution in [0, 0.1) is 5.82 Å². The van der Waals surface area contributed by atoms with Gasteiger partial charge in [-0.3, -0.25) is 4.79 Å². The highest BCUT2D eigenvalue weighted by Gasteiger charge is 2.04. The Balaban J connectivity index is 2.26. The molecule has 0 aliphatic carbocycles. The van der Waals surface area contributed by atoms with E-state index in [1.807, 2.05) is 0 Å². The molecule has 1 aromatic carbocycles. The van der Waals surface area contributed by atoms with Crippen molar-refractivity contribution in [2.75, 3.05) is 13.2 Å². The summed E-state index contributed by atoms with van der Waals surface area (Å²) in [7, 11) is 0. The van der Waals surface area contributed by atoms with Crippen molar-refractivity contribution in [1.82, 2.24) is 5.32 Å². The fraction of sp³-hybridized carbons (Fsp3) is 0.250. The largest absolute Gasteiger partial charge is 0.490 e. The third-order valence-electron chi connectivity index (χ3n) is 1.90. The molecule has 0 aliphatic rings. The molecular formula is C12H13BrFNO2. The van der Waals surface area contributed by atoms with Crippen LogP contribution in [0.4, 0.5) is 4.39 Å². The molecule has 0 heterocycles. The Hall–Kier alpha value is -1.36.